The van der Waals surface area contributed by atoms with E-state index in [1.807, 2.05) is 13.0 Å². The Bertz CT molecular complexity index is 1320. The number of aromatic amines is 1. The van der Waals surface area contributed by atoms with Crippen molar-refractivity contribution in [1.82, 2.24) is 34.4 Å². The standard InChI is InChI=1S/C20H23N9O2/c1-10-24-12-4-3-11(7-13(12)25-10)18(30)28-6-5-14(20(2,31)8-28)29-9-23-15-16(21)26-19(22)27-17(15)29/h3-4,7,9,14,31H,5-6,8H2,1-2H3,(H,24,25)(H4,21,22,26,27)/t14-,20-/m1/s1. The molecule has 1 aliphatic rings. The number of hydrogen-bond donors (Lipinski definition) is 4. The van der Waals surface area contributed by atoms with Crippen LogP contribution in [-0.4, -0.2) is 64.1 Å². The molecule has 4 heterocycles. The SMILES string of the molecule is Cc1nc2ccc(C(=O)N3CC[C@@H](n4cnc5c(N)nc(N)nc54)[C@](C)(O)C3)cc2[nH]1. The van der Waals surface area contributed by atoms with Crippen LogP contribution in [0.3, 0.4) is 0 Å². The van der Waals surface area contributed by atoms with Gasteiger partial charge in [0.25, 0.3) is 5.91 Å². The second-order valence-corrected chi connectivity index (χ2v) is 8.23. The number of likely N-dealkylation sites (tertiary alicyclic amines) is 1. The molecular formula is C20H23N9O2. The molecule has 0 bridgehead atoms. The number of rotatable bonds is 2. The lowest BCUT2D eigenvalue weighted by Crippen LogP contribution is -2.54. The summed E-state index contributed by atoms with van der Waals surface area (Å²) in [4.78, 5) is 34.8. The number of benzene rings is 1. The number of carbonyl (C=O) groups is 1. The summed E-state index contributed by atoms with van der Waals surface area (Å²) in [6, 6.07) is 5.03. The van der Waals surface area contributed by atoms with E-state index in [1.54, 1.807) is 34.9 Å². The van der Waals surface area contributed by atoms with E-state index in [2.05, 4.69) is 24.9 Å². The highest BCUT2D eigenvalue weighted by atomic mass is 16.3. The van der Waals surface area contributed by atoms with E-state index >= 15 is 0 Å². The van der Waals surface area contributed by atoms with Gasteiger partial charge in [0.15, 0.2) is 11.5 Å². The van der Waals surface area contributed by atoms with Gasteiger partial charge in [0.05, 0.1) is 29.9 Å². The number of anilines is 2. The van der Waals surface area contributed by atoms with Gasteiger partial charge in [-0.05, 0) is 38.5 Å². The van der Waals surface area contributed by atoms with E-state index in [-0.39, 0.29) is 30.3 Å². The Morgan fingerprint density at radius 1 is 1.29 bits per heavy atom. The second kappa shape index (κ2) is 6.64. The van der Waals surface area contributed by atoms with Gasteiger partial charge >= 0.3 is 0 Å². The first kappa shape index (κ1) is 19.2. The Morgan fingerprint density at radius 2 is 2.10 bits per heavy atom. The highest BCUT2D eigenvalue weighted by Crippen LogP contribution is 2.35. The fraction of sp³-hybridized carbons (Fsp3) is 0.350. The lowest BCUT2D eigenvalue weighted by atomic mass is 9.88. The largest absolute Gasteiger partial charge is 0.386 e. The first-order valence-electron chi connectivity index (χ1n) is 9.96. The Balaban J connectivity index is 1.42. The molecular weight excluding hydrogens is 398 g/mol. The number of piperidine rings is 1. The molecule has 1 saturated heterocycles. The van der Waals surface area contributed by atoms with Crippen molar-refractivity contribution in [2.24, 2.45) is 0 Å². The molecule has 0 saturated carbocycles. The van der Waals surface area contributed by atoms with Crippen molar-refractivity contribution in [3.8, 4) is 0 Å². The molecule has 0 unspecified atom stereocenters. The van der Waals surface area contributed by atoms with Gasteiger partial charge in [0.1, 0.15) is 16.9 Å². The summed E-state index contributed by atoms with van der Waals surface area (Å²) < 4.78 is 1.77. The molecule has 3 aromatic heterocycles. The van der Waals surface area contributed by atoms with Crippen LogP contribution in [0.15, 0.2) is 24.5 Å². The number of amides is 1. The average Bonchev–Trinajstić information content (AvgIpc) is 3.28. The third kappa shape index (κ3) is 3.13. The summed E-state index contributed by atoms with van der Waals surface area (Å²) in [5.74, 6) is 0.890. The number of fused-ring (bicyclic) bond motifs is 2. The molecule has 11 nitrogen and oxygen atoms in total. The number of carbonyl (C=O) groups excluding carboxylic acids is 1. The third-order valence-electron chi connectivity index (χ3n) is 5.84. The molecule has 0 radical (unpaired) electrons. The number of nitrogens with two attached hydrogens (primary N) is 2. The van der Waals surface area contributed by atoms with Gasteiger partial charge in [-0.15, -0.1) is 0 Å². The Labute approximate surface area is 177 Å². The summed E-state index contributed by atoms with van der Waals surface area (Å²) in [6.07, 6.45) is 2.10. The van der Waals surface area contributed by atoms with Crippen molar-refractivity contribution in [2.45, 2.75) is 31.9 Å². The average molecular weight is 421 g/mol. The number of imidazole rings is 2. The molecule has 5 rings (SSSR count). The zero-order chi connectivity index (χ0) is 21.9. The van der Waals surface area contributed by atoms with Gasteiger partial charge in [-0.2, -0.15) is 9.97 Å². The fourth-order valence-corrected chi connectivity index (χ4v) is 4.41. The number of nitrogen functional groups attached to an aromatic ring is 2. The maximum absolute atomic E-state index is 13.1. The van der Waals surface area contributed by atoms with Crippen molar-refractivity contribution < 1.29 is 9.90 Å². The van der Waals surface area contributed by atoms with Crippen molar-refractivity contribution in [3.63, 3.8) is 0 Å². The smallest absolute Gasteiger partial charge is 0.254 e. The number of H-pyrrole nitrogens is 1. The van der Waals surface area contributed by atoms with Crippen LogP contribution in [0.2, 0.25) is 0 Å². The maximum atomic E-state index is 13.1. The van der Waals surface area contributed by atoms with Gasteiger partial charge < -0.3 is 31.0 Å². The quantitative estimate of drug-likeness (QED) is 0.372. The van der Waals surface area contributed by atoms with Gasteiger partial charge in [0.2, 0.25) is 5.95 Å². The first-order chi connectivity index (χ1) is 14.7. The summed E-state index contributed by atoms with van der Waals surface area (Å²) in [7, 11) is 0. The molecule has 0 spiro atoms. The van der Waals surface area contributed by atoms with E-state index in [0.717, 1.165) is 16.9 Å². The molecule has 1 amide bonds. The topological polar surface area (TPSA) is 165 Å². The molecule has 11 heteroatoms. The lowest BCUT2D eigenvalue weighted by Gasteiger charge is -2.43. The van der Waals surface area contributed by atoms with Crippen LogP contribution in [-0.2, 0) is 0 Å². The second-order valence-electron chi connectivity index (χ2n) is 8.23. The zero-order valence-electron chi connectivity index (χ0n) is 17.2. The monoisotopic (exact) mass is 421 g/mol. The molecule has 1 aliphatic heterocycles. The predicted octanol–water partition coefficient (Wildman–Crippen LogP) is 1.01. The molecule has 160 valence electrons. The van der Waals surface area contributed by atoms with Crippen LogP contribution in [0.4, 0.5) is 11.8 Å². The number of β-amino-alcohol motifs (C(OH)–C–C–N with tert-alkyl or cyclic N) is 1. The highest BCUT2D eigenvalue weighted by molar-refractivity contribution is 5.97. The number of aromatic nitrogens is 6. The van der Waals surface area contributed by atoms with Crippen molar-refractivity contribution in [1.29, 1.82) is 0 Å². The number of hydrogen-bond acceptors (Lipinski definition) is 8. The normalized spacial score (nSPS) is 21.8. The Kier molecular flexibility index (Phi) is 4.12. The zero-order valence-corrected chi connectivity index (χ0v) is 17.2. The van der Waals surface area contributed by atoms with E-state index in [4.69, 9.17) is 11.5 Å². The van der Waals surface area contributed by atoms with Gasteiger partial charge in [0, 0.05) is 12.1 Å². The van der Waals surface area contributed by atoms with Crippen LogP contribution in [0.25, 0.3) is 22.2 Å². The number of aliphatic hydroxyl groups is 1. The van der Waals surface area contributed by atoms with E-state index < -0.39 is 5.60 Å². The molecule has 6 N–H and O–H groups in total. The van der Waals surface area contributed by atoms with Crippen LogP contribution in [0.5, 0.6) is 0 Å². The Hall–Kier alpha value is -3.73. The predicted molar refractivity (Wildman–Crippen MR) is 115 cm³/mol. The molecule has 0 aliphatic carbocycles. The minimum Gasteiger partial charge on any atom is -0.386 e. The minimum atomic E-state index is -1.22. The molecule has 31 heavy (non-hydrogen) atoms. The van der Waals surface area contributed by atoms with Crippen LogP contribution >= 0.6 is 0 Å². The summed E-state index contributed by atoms with van der Waals surface area (Å²) in [5, 5.41) is 11.3. The third-order valence-corrected chi connectivity index (χ3v) is 5.84. The van der Waals surface area contributed by atoms with Crippen LogP contribution in [0.1, 0.15) is 35.6 Å². The van der Waals surface area contributed by atoms with Crippen molar-refractivity contribution in [3.05, 3.63) is 35.9 Å². The summed E-state index contributed by atoms with van der Waals surface area (Å²) >= 11 is 0. The van der Waals surface area contributed by atoms with E-state index in [1.165, 1.54) is 0 Å². The van der Waals surface area contributed by atoms with Crippen LogP contribution < -0.4 is 11.5 Å². The van der Waals surface area contributed by atoms with Crippen LogP contribution in [0, 0.1) is 6.92 Å². The summed E-state index contributed by atoms with van der Waals surface area (Å²) in [5.41, 5.74) is 13.5. The number of nitrogens with zero attached hydrogens (tertiary/aromatic N) is 6. The van der Waals surface area contributed by atoms with Crippen molar-refractivity contribution in [2.75, 3.05) is 24.6 Å². The Morgan fingerprint density at radius 3 is 2.87 bits per heavy atom. The van der Waals surface area contributed by atoms with Crippen molar-refractivity contribution >= 4 is 39.9 Å². The number of aryl methyl sites for hydroxylation is 1. The van der Waals surface area contributed by atoms with Gasteiger partial charge in [-0.25, -0.2) is 9.97 Å². The molecule has 2 atom stereocenters. The maximum Gasteiger partial charge on any atom is 0.254 e. The van der Waals surface area contributed by atoms with E-state index in [9.17, 15) is 9.90 Å². The number of nitrogens with one attached hydrogen (secondary N) is 1. The molecule has 1 fully saturated rings. The van der Waals surface area contributed by atoms with Gasteiger partial charge in [-0.1, -0.05) is 0 Å². The first-order valence-corrected chi connectivity index (χ1v) is 9.96. The molecule has 4 aromatic rings. The minimum absolute atomic E-state index is 0.0449. The summed E-state index contributed by atoms with van der Waals surface area (Å²) in [6.45, 7) is 4.20. The highest BCUT2D eigenvalue weighted by Gasteiger charge is 2.41. The van der Waals surface area contributed by atoms with Gasteiger partial charge in [-0.3, -0.25) is 4.79 Å². The van der Waals surface area contributed by atoms with E-state index in [0.29, 0.717) is 29.7 Å². The molecule has 1 aromatic carbocycles. The fourth-order valence-electron chi connectivity index (χ4n) is 4.41. The lowest BCUT2D eigenvalue weighted by molar-refractivity contribution is -0.0479.